The zero-order valence-electron chi connectivity index (χ0n) is 13.7. The number of hydrogen-bond donors (Lipinski definition) is 1. The molecule has 0 saturated heterocycles. The number of benzene rings is 2. The van der Waals surface area contributed by atoms with Gasteiger partial charge in [-0.3, -0.25) is 4.99 Å². The minimum absolute atomic E-state index is 0.282. The molecule has 0 radical (unpaired) electrons. The van der Waals surface area contributed by atoms with Gasteiger partial charge in [0.15, 0.2) is 0 Å². The Morgan fingerprint density at radius 1 is 1.13 bits per heavy atom. The van der Waals surface area contributed by atoms with Gasteiger partial charge >= 0.3 is 34.1 Å². The molecular formula is C18H21Cl2NOV. The number of aromatic hydroxyl groups is 1. The average Bonchev–Trinajstić information content (AvgIpc) is 2.50. The monoisotopic (exact) mass is 388 g/mol. The number of aryl methyl sites for hydroxylation is 2. The van der Waals surface area contributed by atoms with Crippen LogP contribution in [0.25, 0.3) is 0 Å². The molecule has 2 aromatic rings. The summed E-state index contributed by atoms with van der Waals surface area (Å²) in [4.78, 5) is 4.45. The van der Waals surface area contributed by atoms with E-state index in [0.29, 0.717) is 5.69 Å². The Balaban J connectivity index is 0.000000816. The van der Waals surface area contributed by atoms with Gasteiger partial charge in [0.2, 0.25) is 0 Å². The molecule has 0 aliphatic carbocycles. The van der Waals surface area contributed by atoms with Crippen molar-refractivity contribution in [1.82, 2.24) is 0 Å². The third-order valence-electron chi connectivity index (χ3n) is 3.45. The fourth-order valence-corrected chi connectivity index (χ4v) is 2.16. The molecule has 1 N–H and O–H groups in total. The third-order valence-corrected chi connectivity index (χ3v) is 3.45. The summed E-state index contributed by atoms with van der Waals surface area (Å²) in [6.45, 7) is 8.25. The van der Waals surface area contributed by atoms with Crippen molar-refractivity contribution in [1.29, 1.82) is 0 Å². The molecule has 0 aliphatic heterocycles. The van der Waals surface area contributed by atoms with Gasteiger partial charge in [-0.2, -0.15) is 0 Å². The number of para-hydroxylation sites is 1. The predicted molar refractivity (Wildman–Crippen MR) is 97.1 cm³/mol. The molecule has 5 heteroatoms. The number of hydrogen-bond acceptors (Lipinski definition) is 2. The molecule has 23 heavy (non-hydrogen) atoms. The summed E-state index contributed by atoms with van der Waals surface area (Å²) in [6, 6.07) is 12.0. The van der Waals surface area contributed by atoms with Crippen LogP contribution in [0.1, 0.15) is 42.0 Å². The van der Waals surface area contributed by atoms with Gasteiger partial charge in [0, 0.05) is 6.21 Å². The molecule has 0 atom stereocenters. The first-order valence-electron chi connectivity index (χ1n) is 7.26. The predicted octanol–water partition coefficient (Wildman–Crippen LogP) is 6.26. The molecule has 2 rings (SSSR count). The molecule has 0 aliphatic rings. The van der Waals surface area contributed by atoms with Crippen LogP contribution in [0, 0.1) is 13.8 Å². The summed E-state index contributed by atoms with van der Waals surface area (Å²) >= 11 is -0.368. The second kappa shape index (κ2) is 10.0. The molecule has 2 nitrogen and oxygen atoms in total. The molecule has 2 aromatic carbocycles. The summed E-state index contributed by atoms with van der Waals surface area (Å²) in [5, 5.41) is 10.2. The Morgan fingerprint density at radius 2 is 1.78 bits per heavy atom. The maximum atomic E-state index is 10.2. The van der Waals surface area contributed by atoms with E-state index >= 15 is 0 Å². The number of rotatable bonds is 3. The average molecular weight is 389 g/mol. The van der Waals surface area contributed by atoms with Gasteiger partial charge < -0.3 is 5.11 Å². The SMILES string of the molecule is Cc1ccc(C)c(C=Nc2cccc(C(C)C)c2O)c1.[Cl][V][Cl]. The van der Waals surface area contributed by atoms with Gasteiger partial charge in [0.25, 0.3) is 0 Å². The number of phenols is 1. The minimum atomic E-state index is -0.368. The van der Waals surface area contributed by atoms with Gasteiger partial charge in [-0.15, -0.1) is 0 Å². The zero-order valence-corrected chi connectivity index (χ0v) is 16.6. The van der Waals surface area contributed by atoms with Crippen LogP contribution in [0.5, 0.6) is 5.75 Å². The molecular weight excluding hydrogens is 368 g/mol. The second-order valence-corrected chi connectivity index (χ2v) is 7.86. The van der Waals surface area contributed by atoms with Crippen LogP contribution in [-0.2, 0) is 14.4 Å². The van der Waals surface area contributed by atoms with Crippen LogP contribution in [0.2, 0.25) is 0 Å². The van der Waals surface area contributed by atoms with Crippen molar-refractivity contribution in [2.45, 2.75) is 33.6 Å². The fourth-order valence-electron chi connectivity index (χ4n) is 2.16. The Labute approximate surface area is 153 Å². The van der Waals surface area contributed by atoms with Crippen molar-refractivity contribution >= 4 is 31.6 Å². The third kappa shape index (κ3) is 6.23. The Kier molecular flexibility index (Phi) is 8.79. The Hall–Kier alpha value is -0.926. The van der Waals surface area contributed by atoms with Crippen LogP contribution in [0.3, 0.4) is 0 Å². The molecule has 0 unspecified atom stereocenters. The van der Waals surface area contributed by atoms with E-state index < -0.39 is 0 Å². The van der Waals surface area contributed by atoms with Crippen molar-refractivity contribution in [2.24, 2.45) is 4.99 Å². The Bertz CT molecular complexity index is 672. The Morgan fingerprint density at radius 3 is 2.39 bits per heavy atom. The summed E-state index contributed by atoms with van der Waals surface area (Å²) in [5.74, 6) is 0.565. The van der Waals surface area contributed by atoms with E-state index in [2.05, 4.69) is 50.9 Å². The number of nitrogens with zero attached hydrogens (tertiary/aromatic N) is 1. The van der Waals surface area contributed by atoms with E-state index in [1.54, 1.807) is 0 Å². The molecule has 0 bridgehead atoms. The molecule has 0 saturated carbocycles. The quantitative estimate of drug-likeness (QED) is 0.618. The first-order chi connectivity index (χ1) is 10.9. The van der Waals surface area contributed by atoms with Crippen LogP contribution < -0.4 is 0 Å². The van der Waals surface area contributed by atoms with Gasteiger partial charge in [-0.1, -0.05) is 49.7 Å². The van der Waals surface area contributed by atoms with E-state index in [4.69, 9.17) is 19.7 Å². The van der Waals surface area contributed by atoms with Crippen LogP contribution >= 0.6 is 19.7 Å². The summed E-state index contributed by atoms with van der Waals surface area (Å²) < 4.78 is 0. The maximum absolute atomic E-state index is 10.2. The number of halogens is 2. The van der Waals surface area contributed by atoms with Gasteiger partial charge in [-0.25, -0.2) is 0 Å². The first kappa shape index (κ1) is 20.1. The van der Waals surface area contributed by atoms with E-state index in [1.807, 2.05) is 24.4 Å². The van der Waals surface area contributed by atoms with E-state index in [9.17, 15) is 5.11 Å². The van der Waals surface area contributed by atoms with Crippen LogP contribution in [-0.4, -0.2) is 11.3 Å². The van der Waals surface area contributed by atoms with Crippen LogP contribution in [0.4, 0.5) is 5.69 Å². The topological polar surface area (TPSA) is 32.6 Å². The van der Waals surface area contributed by atoms with Crippen molar-refractivity contribution in [3.05, 3.63) is 58.7 Å². The van der Waals surface area contributed by atoms with E-state index in [0.717, 1.165) is 11.1 Å². The molecule has 0 fully saturated rings. The molecule has 123 valence electrons. The van der Waals surface area contributed by atoms with Crippen molar-refractivity contribution in [2.75, 3.05) is 0 Å². The normalized spacial score (nSPS) is 10.6. The van der Waals surface area contributed by atoms with Gasteiger partial charge in [-0.05, 0) is 42.5 Å². The van der Waals surface area contributed by atoms with Crippen LogP contribution in [0.15, 0.2) is 41.4 Å². The second-order valence-electron chi connectivity index (χ2n) is 5.55. The molecule has 0 amide bonds. The standard InChI is InChI=1S/C18H21NO.2ClH.V/c1-12(2)16-6-5-7-17(18(16)20)19-11-15-10-13(3)8-9-14(15)4;;;/h5-12,20H,1-4H3;2*1H;/q;;;+2/p-2. The fraction of sp³-hybridized carbons (Fsp3) is 0.278. The molecule has 0 heterocycles. The van der Waals surface area contributed by atoms with Crippen molar-refractivity contribution in [3.8, 4) is 5.75 Å². The zero-order chi connectivity index (χ0) is 17.4. The number of phenolic OH excluding ortho intramolecular Hbond substituents is 1. The van der Waals surface area contributed by atoms with Gasteiger partial charge in [0.05, 0.1) is 0 Å². The summed E-state index contributed by atoms with van der Waals surface area (Å²) in [5.41, 5.74) is 5.02. The van der Waals surface area contributed by atoms with Crippen molar-refractivity contribution < 1.29 is 19.5 Å². The van der Waals surface area contributed by atoms with Gasteiger partial charge in [0.1, 0.15) is 11.4 Å². The molecule has 0 spiro atoms. The molecule has 0 aromatic heterocycles. The first-order valence-corrected chi connectivity index (χ1v) is 11.1. The van der Waals surface area contributed by atoms with E-state index in [1.165, 1.54) is 11.1 Å². The van der Waals surface area contributed by atoms with Crippen molar-refractivity contribution in [3.63, 3.8) is 0 Å². The van der Waals surface area contributed by atoms with E-state index in [-0.39, 0.29) is 26.0 Å². The number of aliphatic imine (C=N–C) groups is 1. The summed E-state index contributed by atoms with van der Waals surface area (Å²) in [6.07, 6.45) is 1.82. The summed E-state index contributed by atoms with van der Waals surface area (Å²) in [7, 11) is 9.72.